The molecule has 1 N–H and O–H groups in total. The Bertz CT molecular complexity index is 759. The molecule has 140 valence electrons. The first kappa shape index (κ1) is 18.6. The van der Waals surface area contributed by atoms with Gasteiger partial charge in [-0.15, -0.1) is 11.3 Å². The summed E-state index contributed by atoms with van der Waals surface area (Å²) in [4.78, 5) is 7.94. The molecular formula is C20H27N3O2S. The molecule has 1 aromatic carbocycles. The molecule has 1 unspecified atom stereocenters. The number of nitrogens with zero attached hydrogens (tertiary/aromatic N) is 2. The first-order valence-electron chi connectivity index (χ1n) is 8.91. The average Bonchev–Trinajstić information content (AvgIpc) is 3.27. The lowest BCUT2D eigenvalue weighted by molar-refractivity contribution is 0.254. The third kappa shape index (κ3) is 4.30. The van der Waals surface area contributed by atoms with Gasteiger partial charge in [-0.2, -0.15) is 0 Å². The molecule has 3 rings (SSSR count). The van der Waals surface area contributed by atoms with Crippen molar-refractivity contribution in [3.05, 3.63) is 45.6 Å². The summed E-state index contributed by atoms with van der Waals surface area (Å²) in [5.41, 5.74) is 2.30. The smallest absolute Gasteiger partial charge is 0.193 e. The zero-order valence-electron chi connectivity index (χ0n) is 15.9. The van der Waals surface area contributed by atoms with Gasteiger partial charge in [0.2, 0.25) is 0 Å². The van der Waals surface area contributed by atoms with E-state index < -0.39 is 0 Å². The van der Waals surface area contributed by atoms with Gasteiger partial charge in [0, 0.05) is 49.6 Å². The van der Waals surface area contributed by atoms with Crippen LogP contribution in [0.15, 0.2) is 34.6 Å². The topological polar surface area (TPSA) is 46.1 Å². The summed E-state index contributed by atoms with van der Waals surface area (Å²) in [6.45, 7) is 3.65. The van der Waals surface area contributed by atoms with Crippen LogP contribution >= 0.6 is 11.3 Å². The van der Waals surface area contributed by atoms with Crippen LogP contribution in [0, 0.1) is 0 Å². The number of rotatable bonds is 6. The predicted molar refractivity (Wildman–Crippen MR) is 108 cm³/mol. The molecule has 5 nitrogen and oxygen atoms in total. The number of fused-ring (bicyclic) bond motifs is 1. The Hall–Kier alpha value is -2.21. The predicted octanol–water partition coefficient (Wildman–Crippen LogP) is 3.33. The van der Waals surface area contributed by atoms with Crippen molar-refractivity contribution in [3.63, 3.8) is 0 Å². The minimum absolute atomic E-state index is 0.231. The Morgan fingerprint density at radius 1 is 1.46 bits per heavy atom. The molecule has 0 aliphatic carbocycles. The van der Waals surface area contributed by atoms with Crippen molar-refractivity contribution >= 4 is 17.3 Å². The van der Waals surface area contributed by atoms with Gasteiger partial charge in [-0.05, 0) is 36.9 Å². The summed E-state index contributed by atoms with van der Waals surface area (Å²) in [5.74, 6) is 2.74. The van der Waals surface area contributed by atoms with E-state index in [9.17, 15) is 0 Å². The average molecular weight is 374 g/mol. The van der Waals surface area contributed by atoms with E-state index in [1.54, 1.807) is 18.4 Å². The minimum Gasteiger partial charge on any atom is -0.496 e. The van der Waals surface area contributed by atoms with E-state index in [0.29, 0.717) is 6.54 Å². The standard InChI is InChI=1S/C20H27N3O2S/c1-14-10-15-11-18(24-4)16(12-19(15)25-14)13-22-20(21-2)23(3)8-7-17-6-5-9-26-17/h5-6,9,11-12,14H,7-8,10,13H2,1-4H3,(H,21,22). The van der Waals surface area contributed by atoms with E-state index in [0.717, 1.165) is 42.4 Å². The fourth-order valence-corrected chi connectivity index (χ4v) is 3.91. The van der Waals surface area contributed by atoms with Crippen molar-refractivity contribution in [2.24, 2.45) is 4.99 Å². The summed E-state index contributed by atoms with van der Waals surface area (Å²) in [7, 11) is 5.59. The van der Waals surface area contributed by atoms with Crippen LogP contribution < -0.4 is 14.8 Å². The van der Waals surface area contributed by atoms with Gasteiger partial charge in [-0.25, -0.2) is 0 Å². The van der Waals surface area contributed by atoms with Crippen molar-refractivity contribution in [2.45, 2.75) is 32.4 Å². The lowest BCUT2D eigenvalue weighted by Crippen LogP contribution is -2.39. The van der Waals surface area contributed by atoms with Crippen molar-refractivity contribution in [2.75, 3.05) is 27.7 Å². The van der Waals surface area contributed by atoms with Gasteiger partial charge in [0.05, 0.1) is 7.11 Å². The minimum atomic E-state index is 0.231. The number of hydrogen-bond donors (Lipinski definition) is 1. The Morgan fingerprint density at radius 3 is 3.00 bits per heavy atom. The monoisotopic (exact) mass is 373 g/mol. The highest BCUT2D eigenvalue weighted by Crippen LogP contribution is 2.34. The molecule has 0 spiro atoms. The van der Waals surface area contributed by atoms with Crippen molar-refractivity contribution in [1.29, 1.82) is 0 Å². The van der Waals surface area contributed by atoms with Crippen LogP contribution in [-0.2, 0) is 19.4 Å². The van der Waals surface area contributed by atoms with Gasteiger partial charge in [-0.3, -0.25) is 4.99 Å². The highest BCUT2D eigenvalue weighted by atomic mass is 32.1. The number of aliphatic imine (C=N–C) groups is 1. The maximum Gasteiger partial charge on any atom is 0.193 e. The second-order valence-electron chi connectivity index (χ2n) is 6.56. The molecule has 1 aromatic heterocycles. The first-order chi connectivity index (χ1) is 12.6. The van der Waals surface area contributed by atoms with Crippen LogP contribution in [0.3, 0.4) is 0 Å². The lowest BCUT2D eigenvalue weighted by atomic mass is 10.1. The number of hydrogen-bond acceptors (Lipinski definition) is 4. The third-order valence-corrected chi connectivity index (χ3v) is 5.52. The van der Waals surface area contributed by atoms with E-state index in [1.165, 1.54) is 10.4 Å². The lowest BCUT2D eigenvalue weighted by Gasteiger charge is -2.22. The molecule has 26 heavy (non-hydrogen) atoms. The Morgan fingerprint density at radius 2 is 2.31 bits per heavy atom. The van der Waals surface area contributed by atoms with Gasteiger partial charge in [0.25, 0.3) is 0 Å². The summed E-state index contributed by atoms with van der Waals surface area (Å²) in [6, 6.07) is 8.45. The third-order valence-electron chi connectivity index (χ3n) is 4.58. The molecule has 1 atom stereocenters. The summed E-state index contributed by atoms with van der Waals surface area (Å²) in [5, 5.41) is 5.55. The van der Waals surface area contributed by atoms with Gasteiger partial charge >= 0.3 is 0 Å². The molecule has 0 radical (unpaired) electrons. The molecule has 0 saturated carbocycles. The Kier molecular flexibility index (Phi) is 6.04. The van der Waals surface area contributed by atoms with Gasteiger partial charge in [-0.1, -0.05) is 6.07 Å². The number of guanidine groups is 1. The summed E-state index contributed by atoms with van der Waals surface area (Å²) in [6.07, 6.45) is 2.18. The first-order valence-corrected chi connectivity index (χ1v) is 9.79. The van der Waals surface area contributed by atoms with Crippen LogP contribution in [0.25, 0.3) is 0 Å². The van der Waals surface area contributed by atoms with Crippen LogP contribution in [0.4, 0.5) is 0 Å². The summed E-state index contributed by atoms with van der Waals surface area (Å²) >= 11 is 1.79. The number of ether oxygens (including phenoxy) is 2. The fourth-order valence-electron chi connectivity index (χ4n) is 3.21. The van der Waals surface area contributed by atoms with Crippen molar-refractivity contribution in [3.8, 4) is 11.5 Å². The molecular weight excluding hydrogens is 346 g/mol. The fraction of sp³-hybridized carbons (Fsp3) is 0.450. The molecule has 0 amide bonds. The number of likely N-dealkylation sites (N-methyl/N-ethyl adjacent to an activating group) is 1. The van der Waals surface area contributed by atoms with E-state index in [4.69, 9.17) is 9.47 Å². The molecule has 1 aliphatic rings. The van der Waals surface area contributed by atoms with Crippen molar-refractivity contribution < 1.29 is 9.47 Å². The van der Waals surface area contributed by atoms with Gasteiger partial charge < -0.3 is 19.7 Å². The highest BCUT2D eigenvalue weighted by Gasteiger charge is 2.21. The molecule has 0 saturated heterocycles. The number of thiophene rings is 1. The van der Waals surface area contributed by atoms with Crippen LogP contribution in [0.1, 0.15) is 22.9 Å². The quantitative estimate of drug-likeness (QED) is 0.623. The van der Waals surface area contributed by atoms with Gasteiger partial charge in [0.1, 0.15) is 17.6 Å². The van der Waals surface area contributed by atoms with Crippen molar-refractivity contribution in [1.82, 2.24) is 10.2 Å². The molecule has 2 aromatic rings. The number of benzene rings is 1. The second kappa shape index (κ2) is 8.45. The molecule has 1 aliphatic heterocycles. The molecule has 6 heteroatoms. The maximum absolute atomic E-state index is 5.88. The maximum atomic E-state index is 5.88. The normalized spacial score (nSPS) is 16.2. The molecule has 2 heterocycles. The van der Waals surface area contributed by atoms with Crippen LogP contribution in [0.2, 0.25) is 0 Å². The Balaban J connectivity index is 1.62. The van der Waals surface area contributed by atoms with Gasteiger partial charge in [0.15, 0.2) is 5.96 Å². The van der Waals surface area contributed by atoms with Crippen LogP contribution in [0.5, 0.6) is 11.5 Å². The number of nitrogens with one attached hydrogen (secondary N) is 1. The van der Waals surface area contributed by atoms with E-state index in [2.05, 4.69) is 58.8 Å². The van der Waals surface area contributed by atoms with E-state index in [-0.39, 0.29) is 6.10 Å². The summed E-state index contributed by atoms with van der Waals surface area (Å²) < 4.78 is 11.5. The van der Waals surface area contributed by atoms with E-state index in [1.807, 2.05) is 7.05 Å². The zero-order chi connectivity index (χ0) is 18.5. The highest BCUT2D eigenvalue weighted by molar-refractivity contribution is 7.09. The second-order valence-corrected chi connectivity index (χ2v) is 7.59. The van der Waals surface area contributed by atoms with Crippen LogP contribution in [-0.4, -0.2) is 44.7 Å². The van der Waals surface area contributed by atoms with E-state index >= 15 is 0 Å². The SMILES string of the molecule is CN=C(NCc1cc2c(cc1OC)CC(C)O2)N(C)CCc1cccs1. The zero-order valence-corrected chi connectivity index (χ0v) is 16.7. The number of methoxy groups -OCH3 is 1. The molecule has 0 fully saturated rings. The molecule has 0 bridgehead atoms. The largest absolute Gasteiger partial charge is 0.496 e. The Labute approximate surface area is 159 Å².